The van der Waals surface area contributed by atoms with Crippen LogP contribution in [0.2, 0.25) is 0 Å². The third-order valence-corrected chi connectivity index (χ3v) is 5.39. The van der Waals surface area contributed by atoms with Gasteiger partial charge in [0.25, 0.3) is 0 Å². The molecule has 0 saturated carbocycles. The van der Waals surface area contributed by atoms with E-state index in [2.05, 4.69) is 15.3 Å². The lowest BCUT2D eigenvalue weighted by molar-refractivity contribution is -0.116. The molecular formula is C22H19N3O3S. The van der Waals surface area contributed by atoms with Crippen LogP contribution < -0.4 is 10.7 Å². The lowest BCUT2D eigenvalue weighted by Gasteiger charge is -2.03. The summed E-state index contributed by atoms with van der Waals surface area (Å²) in [5.41, 5.74) is 3.58. The van der Waals surface area contributed by atoms with Gasteiger partial charge >= 0.3 is 0 Å². The molecule has 3 heterocycles. The fraction of sp³-hybridized carbons (Fsp3) is 0.136. The molecule has 0 unspecified atom stereocenters. The Bertz CT molecular complexity index is 1240. The summed E-state index contributed by atoms with van der Waals surface area (Å²) in [6.45, 7) is 2.37. The molecule has 3 aromatic heterocycles. The Kier molecular flexibility index (Phi) is 5.39. The quantitative estimate of drug-likeness (QED) is 0.476. The number of imidazole rings is 1. The smallest absolute Gasteiger partial charge is 0.244 e. The number of aromatic amines is 1. The van der Waals surface area contributed by atoms with Gasteiger partial charge in [0.05, 0.1) is 22.2 Å². The highest BCUT2D eigenvalue weighted by Crippen LogP contribution is 2.25. The van der Waals surface area contributed by atoms with Crippen LogP contribution in [0.4, 0.5) is 0 Å². The van der Waals surface area contributed by atoms with Crippen LogP contribution in [0.5, 0.6) is 0 Å². The molecule has 0 aliphatic carbocycles. The normalized spacial score (nSPS) is 11.3. The van der Waals surface area contributed by atoms with Gasteiger partial charge in [0.1, 0.15) is 17.5 Å². The van der Waals surface area contributed by atoms with Gasteiger partial charge in [0.15, 0.2) is 5.43 Å². The monoisotopic (exact) mass is 405 g/mol. The molecule has 0 saturated heterocycles. The van der Waals surface area contributed by atoms with E-state index in [0.717, 1.165) is 21.8 Å². The SMILES string of the molecule is Cc1ccc2occ(/C=C/C(=O)NCCc3[nH]cnc3-c3cccs3)c(=O)c2c1. The number of carbonyl (C=O) groups is 1. The van der Waals surface area contributed by atoms with E-state index in [1.54, 1.807) is 29.8 Å². The number of fused-ring (bicyclic) bond motifs is 1. The van der Waals surface area contributed by atoms with Crippen molar-refractivity contribution in [3.05, 3.63) is 81.4 Å². The van der Waals surface area contributed by atoms with Gasteiger partial charge in [-0.05, 0) is 36.6 Å². The molecule has 1 amide bonds. The molecule has 2 N–H and O–H groups in total. The number of hydrogen-bond acceptors (Lipinski definition) is 5. The number of nitrogens with zero attached hydrogens (tertiary/aromatic N) is 1. The fourth-order valence-corrected chi connectivity index (χ4v) is 3.80. The predicted octanol–water partition coefficient (Wildman–Crippen LogP) is 3.93. The molecule has 0 bridgehead atoms. The minimum Gasteiger partial charge on any atom is -0.463 e. The van der Waals surface area contributed by atoms with Crippen molar-refractivity contribution >= 4 is 34.3 Å². The molecule has 6 nitrogen and oxygen atoms in total. The van der Waals surface area contributed by atoms with Crippen molar-refractivity contribution in [2.75, 3.05) is 6.54 Å². The average molecular weight is 405 g/mol. The van der Waals surface area contributed by atoms with Crippen LogP contribution in [-0.2, 0) is 11.2 Å². The lowest BCUT2D eigenvalue weighted by Crippen LogP contribution is -2.23. The highest BCUT2D eigenvalue weighted by molar-refractivity contribution is 7.13. The van der Waals surface area contributed by atoms with Gasteiger partial charge in [0, 0.05) is 24.7 Å². The Labute approximate surface area is 170 Å². The van der Waals surface area contributed by atoms with E-state index in [1.807, 2.05) is 30.5 Å². The number of benzene rings is 1. The van der Waals surface area contributed by atoms with Crippen molar-refractivity contribution in [2.45, 2.75) is 13.3 Å². The lowest BCUT2D eigenvalue weighted by atomic mass is 10.1. The minimum atomic E-state index is -0.272. The molecule has 29 heavy (non-hydrogen) atoms. The molecule has 1 aromatic carbocycles. The van der Waals surface area contributed by atoms with Gasteiger partial charge in [-0.25, -0.2) is 4.98 Å². The Morgan fingerprint density at radius 3 is 3.07 bits per heavy atom. The number of amides is 1. The molecular weight excluding hydrogens is 386 g/mol. The number of aryl methyl sites for hydroxylation is 1. The summed E-state index contributed by atoms with van der Waals surface area (Å²) in [5.74, 6) is -0.272. The van der Waals surface area contributed by atoms with E-state index in [1.165, 1.54) is 18.4 Å². The van der Waals surface area contributed by atoms with Crippen LogP contribution >= 0.6 is 11.3 Å². The summed E-state index contributed by atoms with van der Waals surface area (Å²) in [6, 6.07) is 9.44. The van der Waals surface area contributed by atoms with Crippen molar-refractivity contribution < 1.29 is 9.21 Å². The van der Waals surface area contributed by atoms with Crippen molar-refractivity contribution in [3.8, 4) is 10.6 Å². The molecule has 0 aliphatic heterocycles. The van der Waals surface area contributed by atoms with Crippen LogP contribution in [-0.4, -0.2) is 22.4 Å². The van der Waals surface area contributed by atoms with Crippen LogP contribution in [0.15, 0.2) is 63.6 Å². The van der Waals surface area contributed by atoms with Crippen LogP contribution in [0.3, 0.4) is 0 Å². The van der Waals surface area contributed by atoms with E-state index in [4.69, 9.17) is 4.42 Å². The van der Waals surface area contributed by atoms with Gasteiger partial charge in [0.2, 0.25) is 5.91 Å². The van der Waals surface area contributed by atoms with E-state index in [9.17, 15) is 9.59 Å². The van der Waals surface area contributed by atoms with Gasteiger partial charge in [-0.2, -0.15) is 0 Å². The highest BCUT2D eigenvalue weighted by Gasteiger charge is 2.09. The third kappa shape index (κ3) is 4.20. The maximum atomic E-state index is 12.6. The standard InChI is InChI=1S/C22H19N3O3S/c1-14-4-6-18-16(11-14)22(27)15(12-28-18)5-7-20(26)23-9-8-17-21(25-13-24-17)19-3-2-10-29-19/h2-7,10-13H,8-9H2,1H3,(H,23,26)(H,24,25)/b7-5+. The summed E-state index contributed by atoms with van der Waals surface area (Å²) in [5, 5.41) is 5.34. The largest absolute Gasteiger partial charge is 0.463 e. The third-order valence-electron chi connectivity index (χ3n) is 4.52. The second-order valence-corrected chi connectivity index (χ2v) is 7.55. The zero-order valence-corrected chi connectivity index (χ0v) is 16.6. The fourth-order valence-electron chi connectivity index (χ4n) is 3.05. The van der Waals surface area contributed by atoms with E-state index >= 15 is 0 Å². The summed E-state index contributed by atoms with van der Waals surface area (Å²) < 4.78 is 5.50. The number of aromatic nitrogens is 2. The van der Waals surface area contributed by atoms with Crippen molar-refractivity contribution in [3.63, 3.8) is 0 Å². The Morgan fingerprint density at radius 1 is 1.34 bits per heavy atom. The predicted molar refractivity (Wildman–Crippen MR) is 115 cm³/mol. The topological polar surface area (TPSA) is 88.0 Å². The van der Waals surface area contributed by atoms with Gasteiger partial charge < -0.3 is 14.7 Å². The van der Waals surface area contributed by atoms with E-state index in [0.29, 0.717) is 29.5 Å². The second-order valence-electron chi connectivity index (χ2n) is 6.60. The first-order valence-electron chi connectivity index (χ1n) is 9.16. The zero-order valence-electron chi connectivity index (χ0n) is 15.8. The molecule has 4 rings (SSSR count). The first-order chi connectivity index (χ1) is 14.1. The zero-order chi connectivity index (χ0) is 20.2. The number of hydrogen-bond donors (Lipinski definition) is 2. The van der Waals surface area contributed by atoms with Crippen LogP contribution in [0.1, 0.15) is 16.8 Å². The Balaban J connectivity index is 1.39. The van der Waals surface area contributed by atoms with Gasteiger partial charge in [-0.1, -0.05) is 17.7 Å². The van der Waals surface area contributed by atoms with E-state index < -0.39 is 0 Å². The molecule has 0 spiro atoms. The number of carbonyl (C=O) groups excluding carboxylic acids is 1. The summed E-state index contributed by atoms with van der Waals surface area (Å²) in [7, 11) is 0. The highest BCUT2D eigenvalue weighted by atomic mass is 32.1. The van der Waals surface area contributed by atoms with Crippen LogP contribution in [0.25, 0.3) is 27.6 Å². The summed E-state index contributed by atoms with van der Waals surface area (Å²) in [6.07, 6.45) is 6.50. The van der Waals surface area contributed by atoms with E-state index in [-0.39, 0.29) is 11.3 Å². The Morgan fingerprint density at radius 2 is 2.24 bits per heavy atom. The number of nitrogens with one attached hydrogen (secondary N) is 2. The number of rotatable bonds is 6. The van der Waals surface area contributed by atoms with Crippen molar-refractivity contribution in [1.82, 2.24) is 15.3 Å². The number of thiophene rings is 1. The first-order valence-corrected chi connectivity index (χ1v) is 10.0. The first kappa shape index (κ1) is 18.9. The minimum absolute atomic E-state index is 0.156. The molecule has 146 valence electrons. The number of H-pyrrole nitrogens is 1. The molecule has 0 atom stereocenters. The van der Waals surface area contributed by atoms with Crippen molar-refractivity contribution in [2.24, 2.45) is 0 Å². The van der Waals surface area contributed by atoms with Crippen LogP contribution in [0, 0.1) is 6.92 Å². The van der Waals surface area contributed by atoms with Gasteiger partial charge in [-0.15, -0.1) is 11.3 Å². The molecule has 0 aliphatic rings. The molecule has 0 radical (unpaired) electrons. The van der Waals surface area contributed by atoms with Crippen molar-refractivity contribution in [1.29, 1.82) is 0 Å². The summed E-state index contributed by atoms with van der Waals surface area (Å²) >= 11 is 1.62. The maximum absolute atomic E-state index is 12.6. The molecule has 4 aromatic rings. The maximum Gasteiger partial charge on any atom is 0.244 e. The summed E-state index contributed by atoms with van der Waals surface area (Å²) in [4.78, 5) is 33.3. The Hall–Kier alpha value is -3.45. The average Bonchev–Trinajstić information content (AvgIpc) is 3.39. The van der Waals surface area contributed by atoms with Gasteiger partial charge in [-0.3, -0.25) is 9.59 Å². The second kappa shape index (κ2) is 8.28. The molecule has 0 fully saturated rings. The molecule has 7 heteroatoms.